The number of aliphatic hydroxyl groups excluding tert-OH is 1. The van der Waals surface area contributed by atoms with Crippen LogP contribution in [-0.2, 0) is 0 Å². The summed E-state index contributed by atoms with van der Waals surface area (Å²) in [6, 6.07) is 0. The van der Waals surface area contributed by atoms with Crippen LogP contribution in [0.25, 0.3) is 5.95 Å². The van der Waals surface area contributed by atoms with Gasteiger partial charge in [-0.3, -0.25) is 0 Å². The summed E-state index contributed by atoms with van der Waals surface area (Å²) in [7, 11) is 0. The first-order chi connectivity index (χ1) is 9.83. The first-order valence-electron chi connectivity index (χ1n) is 6.52. The molecular weight excluding hydrogens is 294 g/mol. The number of nitrogens with zero attached hydrogens (tertiary/aromatic N) is 6. The minimum Gasteiger partial charge on any atom is -0.391 e. The Morgan fingerprint density at radius 1 is 1.33 bits per heavy atom. The van der Waals surface area contributed by atoms with Gasteiger partial charge in [0, 0.05) is 6.54 Å². The number of hydrogen-bond acceptors (Lipinski definition) is 7. The molecule has 0 spiro atoms. The van der Waals surface area contributed by atoms with Gasteiger partial charge in [0.25, 0.3) is 5.95 Å². The zero-order valence-electron chi connectivity index (χ0n) is 12.2. The van der Waals surface area contributed by atoms with Gasteiger partial charge in [0.05, 0.1) is 6.10 Å². The molecule has 114 valence electrons. The van der Waals surface area contributed by atoms with Crippen molar-refractivity contribution in [3.05, 3.63) is 17.9 Å². The van der Waals surface area contributed by atoms with E-state index in [2.05, 4.69) is 51.1 Å². The zero-order valence-corrected chi connectivity index (χ0v) is 12.9. The lowest BCUT2D eigenvalue weighted by Crippen LogP contribution is -2.26. The largest absolute Gasteiger partial charge is 0.391 e. The van der Waals surface area contributed by atoms with Crippen molar-refractivity contribution < 1.29 is 5.11 Å². The summed E-state index contributed by atoms with van der Waals surface area (Å²) in [4.78, 5) is 15.9. The number of nitrogens with one attached hydrogen (secondary N) is 1. The van der Waals surface area contributed by atoms with Crippen LogP contribution in [0.15, 0.2) is 12.7 Å². The fourth-order valence-corrected chi connectivity index (χ4v) is 1.98. The molecule has 8 nitrogen and oxygen atoms in total. The highest BCUT2D eigenvalue weighted by Gasteiger charge is 2.17. The summed E-state index contributed by atoms with van der Waals surface area (Å²) < 4.78 is 1.38. The lowest BCUT2D eigenvalue weighted by molar-refractivity contribution is 0.132. The van der Waals surface area contributed by atoms with Gasteiger partial charge >= 0.3 is 0 Å². The Morgan fingerprint density at radius 2 is 2.10 bits per heavy atom. The van der Waals surface area contributed by atoms with Crippen LogP contribution in [0.2, 0.25) is 5.28 Å². The maximum Gasteiger partial charge on any atom is 0.258 e. The molecule has 0 aliphatic heterocycles. The third-order valence-corrected chi connectivity index (χ3v) is 2.73. The predicted molar refractivity (Wildman–Crippen MR) is 78.3 cm³/mol. The standard InChI is InChI=1S/C12H18ClN7O/c1-12(2,3)4-8(21)5-15-10-17-9(13)18-11(19-10)20-7-14-6-16-20/h6-8,21H,4-5H2,1-3H3,(H,15,17,18,19). The van der Waals surface area contributed by atoms with E-state index in [1.54, 1.807) is 0 Å². The minimum atomic E-state index is -0.504. The molecule has 0 saturated heterocycles. The van der Waals surface area contributed by atoms with Crippen LogP contribution in [0, 0.1) is 5.41 Å². The molecule has 2 aromatic rings. The number of anilines is 1. The average molecular weight is 312 g/mol. The lowest BCUT2D eigenvalue weighted by atomic mass is 9.89. The van der Waals surface area contributed by atoms with Crippen LogP contribution in [0.1, 0.15) is 27.2 Å². The highest BCUT2D eigenvalue weighted by atomic mass is 35.5. The first-order valence-corrected chi connectivity index (χ1v) is 6.90. The van der Waals surface area contributed by atoms with Crippen molar-refractivity contribution in [3.8, 4) is 5.95 Å². The van der Waals surface area contributed by atoms with Crippen LogP contribution in [0.4, 0.5) is 5.95 Å². The molecular formula is C12H18ClN7O. The van der Waals surface area contributed by atoms with Gasteiger partial charge in [-0.2, -0.15) is 24.7 Å². The lowest BCUT2D eigenvalue weighted by Gasteiger charge is -2.22. The topological polar surface area (TPSA) is 102 Å². The maximum absolute atomic E-state index is 9.97. The van der Waals surface area contributed by atoms with Gasteiger partial charge in [0.1, 0.15) is 12.7 Å². The SMILES string of the molecule is CC(C)(C)CC(O)CNc1nc(Cl)nc(-n2cncn2)n1. The van der Waals surface area contributed by atoms with Crippen molar-refractivity contribution in [1.82, 2.24) is 29.7 Å². The number of halogens is 1. The molecule has 1 unspecified atom stereocenters. The van der Waals surface area contributed by atoms with E-state index in [1.807, 2.05) is 0 Å². The Morgan fingerprint density at radius 3 is 2.71 bits per heavy atom. The van der Waals surface area contributed by atoms with Crippen LogP contribution >= 0.6 is 11.6 Å². The monoisotopic (exact) mass is 311 g/mol. The molecule has 1 atom stereocenters. The van der Waals surface area contributed by atoms with Gasteiger partial charge < -0.3 is 10.4 Å². The van der Waals surface area contributed by atoms with Crippen LogP contribution in [0.3, 0.4) is 0 Å². The van der Waals surface area contributed by atoms with Gasteiger partial charge in [-0.15, -0.1) is 0 Å². The summed E-state index contributed by atoms with van der Waals surface area (Å²) >= 11 is 5.86. The van der Waals surface area contributed by atoms with Crippen LogP contribution in [0.5, 0.6) is 0 Å². The van der Waals surface area contributed by atoms with Gasteiger partial charge in [-0.1, -0.05) is 20.8 Å². The summed E-state index contributed by atoms with van der Waals surface area (Å²) in [5.41, 5.74) is 0.0454. The Balaban J connectivity index is 2.04. The summed E-state index contributed by atoms with van der Waals surface area (Å²) in [5, 5.41) is 16.9. The first kappa shape index (κ1) is 15.6. The molecule has 2 heterocycles. The Labute approximate surface area is 127 Å². The molecule has 0 aliphatic rings. The predicted octanol–water partition coefficient (Wildman–Crippen LogP) is 1.31. The maximum atomic E-state index is 9.97. The van der Waals surface area contributed by atoms with Gasteiger partial charge in [-0.25, -0.2) is 4.98 Å². The van der Waals surface area contributed by atoms with Gasteiger partial charge in [0.2, 0.25) is 11.2 Å². The number of aromatic nitrogens is 6. The Bertz CT molecular complexity index is 582. The molecule has 0 aromatic carbocycles. The zero-order chi connectivity index (χ0) is 15.5. The van der Waals surface area contributed by atoms with E-state index >= 15 is 0 Å². The molecule has 0 fully saturated rings. The van der Waals surface area contributed by atoms with Crippen molar-refractivity contribution in [1.29, 1.82) is 0 Å². The van der Waals surface area contributed by atoms with E-state index in [-0.39, 0.29) is 22.6 Å². The second-order valence-electron chi connectivity index (χ2n) is 5.87. The molecule has 0 radical (unpaired) electrons. The van der Waals surface area contributed by atoms with Crippen LogP contribution in [-0.4, -0.2) is 47.5 Å². The molecule has 21 heavy (non-hydrogen) atoms. The molecule has 0 saturated carbocycles. The van der Waals surface area contributed by atoms with Gasteiger partial charge in [0.15, 0.2) is 0 Å². The minimum absolute atomic E-state index is 0.0447. The second-order valence-corrected chi connectivity index (χ2v) is 6.21. The third kappa shape index (κ3) is 4.91. The van der Waals surface area contributed by atoms with Crippen molar-refractivity contribution >= 4 is 17.5 Å². The molecule has 2 aromatic heterocycles. The quantitative estimate of drug-likeness (QED) is 0.858. The molecule has 0 aliphatic carbocycles. The second kappa shape index (κ2) is 6.31. The van der Waals surface area contributed by atoms with E-state index in [9.17, 15) is 5.11 Å². The Hall–Kier alpha value is -1.80. The number of aliphatic hydroxyl groups is 1. The summed E-state index contributed by atoms with van der Waals surface area (Å²) in [6.45, 7) is 6.53. The van der Waals surface area contributed by atoms with E-state index in [0.717, 1.165) is 0 Å². The number of hydrogen-bond donors (Lipinski definition) is 2. The van der Waals surface area contributed by atoms with E-state index in [0.29, 0.717) is 13.0 Å². The Kier molecular flexibility index (Phi) is 4.69. The molecule has 2 N–H and O–H groups in total. The molecule has 0 amide bonds. The van der Waals surface area contributed by atoms with E-state index in [1.165, 1.54) is 17.3 Å². The average Bonchev–Trinajstić information content (AvgIpc) is 2.87. The fourth-order valence-electron chi connectivity index (χ4n) is 1.82. The molecule has 0 bridgehead atoms. The van der Waals surface area contributed by atoms with Crippen molar-refractivity contribution in [3.63, 3.8) is 0 Å². The van der Waals surface area contributed by atoms with E-state index in [4.69, 9.17) is 11.6 Å². The van der Waals surface area contributed by atoms with Crippen molar-refractivity contribution in [2.75, 3.05) is 11.9 Å². The third-order valence-electron chi connectivity index (χ3n) is 2.56. The summed E-state index contributed by atoms with van der Waals surface area (Å²) in [6.07, 6.45) is 2.99. The fraction of sp³-hybridized carbons (Fsp3) is 0.583. The van der Waals surface area contributed by atoms with Crippen LogP contribution < -0.4 is 5.32 Å². The smallest absolute Gasteiger partial charge is 0.258 e. The number of rotatable bonds is 5. The normalized spacial score (nSPS) is 13.2. The van der Waals surface area contributed by atoms with Crippen molar-refractivity contribution in [2.24, 2.45) is 5.41 Å². The highest BCUT2D eigenvalue weighted by molar-refractivity contribution is 6.28. The molecule has 2 rings (SSSR count). The van der Waals surface area contributed by atoms with Gasteiger partial charge in [-0.05, 0) is 23.4 Å². The van der Waals surface area contributed by atoms with Crippen molar-refractivity contribution in [2.45, 2.75) is 33.3 Å². The molecule has 9 heteroatoms. The van der Waals surface area contributed by atoms with E-state index < -0.39 is 6.10 Å². The summed E-state index contributed by atoms with van der Waals surface area (Å²) in [5.74, 6) is 0.550. The highest BCUT2D eigenvalue weighted by Crippen LogP contribution is 2.20.